The van der Waals surface area contributed by atoms with Crippen molar-refractivity contribution in [1.29, 1.82) is 0 Å². The van der Waals surface area contributed by atoms with Gasteiger partial charge in [-0.05, 0) is 0 Å². The van der Waals surface area contributed by atoms with Crippen LogP contribution in [0.5, 0.6) is 0 Å². The van der Waals surface area contributed by atoms with Crippen molar-refractivity contribution < 1.29 is 0 Å². The van der Waals surface area contributed by atoms with E-state index in [9.17, 15) is 0 Å². The van der Waals surface area contributed by atoms with Crippen molar-refractivity contribution in [2.75, 3.05) is 26.2 Å². The Morgan fingerprint density at radius 2 is 1.38 bits per heavy atom. The first-order valence-corrected chi connectivity index (χ1v) is 2.52. The Bertz CT molecular complexity index is 30.5. The quantitative estimate of drug-likeness (QED) is 0.305. The van der Waals surface area contributed by atoms with Gasteiger partial charge in [0.05, 0.1) is 0 Å². The Labute approximate surface area is 80.2 Å². The summed E-state index contributed by atoms with van der Waals surface area (Å²) >= 11 is 0. The summed E-state index contributed by atoms with van der Waals surface area (Å²) in [5.41, 5.74) is 10.3. The molecule has 0 bridgehead atoms. The monoisotopic (exact) mass is 145 g/mol. The number of hydrogen-bond acceptors (Lipinski definition) is 3. The second-order valence-corrected chi connectivity index (χ2v) is 1.33. The molecule has 0 rings (SSSR count). The van der Waals surface area contributed by atoms with Crippen molar-refractivity contribution in [2.45, 2.75) is 0 Å². The summed E-state index contributed by atoms with van der Waals surface area (Å²) < 4.78 is 0. The molecule has 0 spiro atoms. The zero-order valence-corrected chi connectivity index (χ0v) is 4.48. The van der Waals surface area contributed by atoms with Gasteiger partial charge in [0.1, 0.15) is 0 Å². The van der Waals surface area contributed by atoms with Crippen molar-refractivity contribution in [1.82, 2.24) is 5.32 Å². The van der Waals surface area contributed by atoms with E-state index in [1.165, 1.54) is 0 Å². The van der Waals surface area contributed by atoms with Gasteiger partial charge in [-0.1, -0.05) is 0 Å². The van der Waals surface area contributed by atoms with E-state index >= 15 is 0 Å². The van der Waals surface area contributed by atoms with Crippen molar-refractivity contribution in [3.63, 3.8) is 0 Å². The molecule has 0 aromatic rings. The molecular weight excluding hydrogens is 130 g/mol. The second kappa shape index (κ2) is 11.0. The number of hydrogen-bond donors (Lipinski definition) is 3. The van der Waals surface area contributed by atoms with Crippen molar-refractivity contribution in [2.24, 2.45) is 11.5 Å². The summed E-state index contributed by atoms with van der Waals surface area (Å²) in [5.74, 6) is 0. The minimum atomic E-state index is 0. The summed E-state index contributed by atoms with van der Waals surface area (Å²) in [7, 11) is 0. The van der Waals surface area contributed by atoms with Crippen LogP contribution in [0.1, 0.15) is 0 Å². The van der Waals surface area contributed by atoms with Crippen LogP contribution in [0.2, 0.25) is 0 Å². The van der Waals surface area contributed by atoms with Gasteiger partial charge in [0.25, 0.3) is 0 Å². The van der Waals surface area contributed by atoms with Crippen LogP contribution in [0.15, 0.2) is 0 Å². The number of nitrogens with one attached hydrogen (secondary N) is 1. The summed E-state index contributed by atoms with van der Waals surface area (Å²) in [6.07, 6.45) is 0. The topological polar surface area (TPSA) is 64.1 Å². The standard InChI is InChI=1S/C4H13N3.Ca.2H/c5-1-3-7-4-2-6;;;/h7H,1-6H2;;;. The molecule has 8 heavy (non-hydrogen) atoms. The molecule has 0 radical (unpaired) electrons. The SMILES string of the molecule is NCCNCCN.[CaH2]. The van der Waals surface area contributed by atoms with E-state index in [0.717, 1.165) is 13.1 Å². The molecule has 0 unspecified atom stereocenters. The molecule has 0 fully saturated rings. The van der Waals surface area contributed by atoms with Crippen LogP contribution < -0.4 is 16.8 Å². The molecule has 3 nitrogen and oxygen atoms in total. The third-order valence-corrected chi connectivity index (χ3v) is 0.642. The Hall–Kier alpha value is 1.14. The molecule has 0 amide bonds. The van der Waals surface area contributed by atoms with E-state index in [-0.39, 0.29) is 37.7 Å². The fourth-order valence-electron chi connectivity index (χ4n) is 0.329. The maximum absolute atomic E-state index is 5.17. The first kappa shape index (κ1) is 11.9. The summed E-state index contributed by atoms with van der Waals surface area (Å²) in [5, 5.41) is 3.03. The van der Waals surface area contributed by atoms with E-state index < -0.39 is 0 Å². The van der Waals surface area contributed by atoms with E-state index in [4.69, 9.17) is 11.5 Å². The molecule has 4 heteroatoms. The molecule has 0 aliphatic heterocycles. The first-order chi connectivity index (χ1) is 3.41. The number of rotatable bonds is 4. The molecule has 0 aliphatic carbocycles. The van der Waals surface area contributed by atoms with E-state index in [1.807, 2.05) is 0 Å². The van der Waals surface area contributed by atoms with Gasteiger partial charge >= 0.3 is 37.7 Å². The molecule has 5 N–H and O–H groups in total. The van der Waals surface area contributed by atoms with E-state index in [0.29, 0.717) is 13.1 Å². The molecule has 0 saturated heterocycles. The van der Waals surface area contributed by atoms with Gasteiger partial charge in [0.2, 0.25) is 0 Å². The Morgan fingerprint density at radius 3 is 1.62 bits per heavy atom. The van der Waals surface area contributed by atoms with Crippen LogP contribution in [0.25, 0.3) is 0 Å². The van der Waals surface area contributed by atoms with Gasteiger partial charge in [-0.2, -0.15) is 0 Å². The van der Waals surface area contributed by atoms with Crippen molar-refractivity contribution in [3.05, 3.63) is 0 Å². The van der Waals surface area contributed by atoms with Crippen LogP contribution in [-0.2, 0) is 0 Å². The second-order valence-electron chi connectivity index (χ2n) is 1.33. The average Bonchev–Trinajstić information content (AvgIpc) is 1.69. The normalized spacial score (nSPS) is 8.25. The predicted molar refractivity (Wildman–Crippen MR) is 39.5 cm³/mol. The molecule has 0 atom stereocenters. The van der Waals surface area contributed by atoms with E-state index in [2.05, 4.69) is 5.32 Å². The molecule has 0 aliphatic rings. The number of nitrogens with two attached hydrogens (primary N) is 2. The van der Waals surface area contributed by atoms with Crippen LogP contribution in [0.3, 0.4) is 0 Å². The van der Waals surface area contributed by atoms with Gasteiger partial charge < -0.3 is 16.8 Å². The first-order valence-electron chi connectivity index (χ1n) is 2.52. The summed E-state index contributed by atoms with van der Waals surface area (Å²) in [4.78, 5) is 0. The molecule has 0 heterocycles. The van der Waals surface area contributed by atoms with Crippen LogP contribution in [-0.4, -0.2) is 63.9 Å². The van der Waals surface area contributed by atoms with Crippen molar-refractivity contribution >= 4 is 37.7 Å². The molecule has 0 saturated carbocycles. The molecule has 0 aromatic heterocycles. The fraction of sp³-hybridized carbons (Fsp3) is 1.00. The van der Waals surface area contributed by atoms with Crippen molar-refractivity contribution in [3.8, 4) is 0 Å². The van der Waals surface area contributed by atoms with Gasteiger partial charge in [0.15, 0.2) is 0 Å². The van der Waals surface area contributed by atoms with Crippen LogP contribution >= 0.6 is 0 Å². The molecular formula is C4H15CaN3. The van der Waals surface area contributed by atoms with Gasteiger partial charge in [-0.15, -0.1) is 0 Å². The zero-order valence-electron chi connectivity index (χ0n) is 4.48. The predicted octanol–water partition coefficient (Wildman–Crippen LogP) is -2.42. The third-order valence-electron chi connectivity index (χ3n) is 0.642. The van der Waals surface area contributed by atoms with E-state index in [1.54, 1.807) is 0 Å². The molecule has 48 valence electrons. The average molecular weight is 145 g/mol. The van der Waals surface area contributed by atoms with Crippen LogP contribution in [0, 0.1) is 0 Å². The Kier molecular flexibility index (Phi) is 16.3. The third kappa shape index (κ3) is 10.2. The van der Waals surface area contributed by atoms with Gasteiger partial charge in [0, 0.05) is 26.2 Å². The fourth-order valence-corrected chi connectivity index (χ4v) is 0.329. The summed E-state index contributed by atoms with van der Waals surface area (Å²) in [6, 6.07) is 0. The maximum atomic E-state index is 5.17. The zero-order chi connectivity index (χ0) is 5.54. The minimum absolute atomic E-state index is 0. The Morgan fingerprint density at radius 1 is 1.00 bits per heavy atom. The van der Waals surface area contributed by atoms with Gasteiger partial charge in [-0.25, -0.2) is 0 Å². The van der Waals surface area contributed by atoms with Crippen LogP contribution in [0.4, 0.5) is 0 Å². The summed E-state index contributed by atoms with van der Waals surface area (Å²) in [6.45, 7) is 3.13. The molecule has 0 aromatic carbocycles. The Balaban J connectivity index is 0. The van der Waals surface area contributed by atoms with Gasteiger partial charge in [-0.3, -0.25) is 0 Å².